The minimum Gasteiger partial charge on any atom is -0.465 e. The maximum absolute atomic E-state index is 11.4. The molecule has 18 heavy (non-hydrogen) atoms. The van der Waals surface area contributed by atoms with Gasteiger partial charge in [0.1, 0.15) is 0 Å². The summed E-state index contributed by atoms with van der Waals surface area (Å²) in [7, 11) is 3.97. The average Bonchev–Trinajstić information content (AvgIpc) is 2.77. The van der Waals surface area contributed by atoms with Gasteiger partial charge in [0.05, 0.1) is 18.4 Å². The number of benzene rings is 1. The van der Waals surface area contributed by atoms with Gasteiger partial charge in [0.15, 0.2) is 9.82 Å². The molecular weight excluding hydrogens is 360 g/mol. The van der Waals surface area contributed by atoms with Gasteiger partial charge in [-0.1, -0.05) is 11.6 Å². The smallest absolute Gasteiger partial charge is 0.337 e. The SMILES string of the molecule is COC(=O)c1ccc(Br)c(/N=c2\ssnc2Cl)c1. The van der Waals surface area contributed by atoms with Gasteiger partial charge in [0, 0.05) is 15.0 Å². The van der Waals surface area contributed by atoms with Crippen molar-refractivity contribution in [3.63, 3.8) is 0 Å². The summed E-state index contributed by atoms with van der Waals surface area (Å²) in [5.74, 6) is -0.405. The third-order valence-corrected chi connectivity index (χ3v) is 4.84. The number of halogens is 2. The summed E-state index contributed by atoms with van der Waals surface area (Å²) < 4.78 is 9.98. The number of methoxy groups -OCH3 is 1. The number of nitrogens with zero attached hydrogens (tertiary/aromatic N) is 2. The Morgan fingerprint density at radius 2 is 2.33 bits per heavy atom. The maximum atomic E-state index is 11.4. The van der Waals surface area contributed by atoms with Gasteiger partial charge >= 0.3 is 5.97 Å². The largest absolute Gasteiger partial charge is 0.465 e. The van der Waals surface area contributed by atoms with Crippen LogP contribution in [0.25, 0.3) is 0 Å². The Kier molecular flexibility index (Phi) is 4.50. The van der Waals surface area contributed by atoms with Crippen LogP contribution in [0.3, 0.4) is 0 Å². The zero-order chi connectivity index (χ0) is 13.1. The molecule has 1 aromatic heterocycles. The number of rotatable bonds is 2. The van der Waals surface area contributed by atoms with Crippen molar-refractivity contribution in [3.8, 4) is 0 Å². The molecule has 0 aliphatic rings. The van der Waals surface area contributed by atoms with Gasteiger partial charge < -0.3 is 4.74 Å². The van der Waals surface area contributed by atoms with Crippen molar-refractivity contribution in [2.45, 2.75) is 0 Å². The van der Waals surface area contributed by atoms with E-state index in [9.17, 15) is 4.79 Å². The van der Waals surface area contributed by atoms with E-state index in [1.165, 1.54) is 28.0 Å². The Hall–Kier alpha value is -0.760. The van der Waals surface area contributed by atoms with Crippen LogP contribution in [0.5, 0.6) is 0 Å². The van der Waals surface area contributed by atoms with Crippen LogP contribution in [-0.2, 0) is 4.74 Å². The van der Waals surface area contributed by atoms with Gasteiger partial charge in [-0.3, -0.25) is 0 Å². The van der Waals surface area contributed by atoms with Crippen molar-refractivity contribution in [2.75, 3.05) is 7.11 Å². The monoisotopic (exact) mass is 364 g/mol. The van der Waals surface area contributed by atoms with E-state index in [-0.39, 0.29) is 0 Å². The molecule has 0 amide bonds. The van der Waals surface area contributed by atoms with Crippen LogP contribution in [0.4, 0.5) is 5.69 Å². The Balaban J connectivity index is 2.51. The summed E-state index contributed by atoms with van der Waals surface area (Å²) in [6.07, 6.45) is 0. The molecule has 8 heteroatoms. The number of aromatic nitrogens is 1. The van der Waals surface area contributed by atoms with Gasteiger partial charge in [-0.05, 0) is 44.5 Å². The molecule has 0 spiro atoms. The predicted molar refractivity (Wildman–Crippen MR) is 75.7 cm³/mol. The van der Waals surface area contributed by atoms with Gasteiger partial charge in [-0.25, -0.2) is 9.79 Å². The summed E-state index contributed by atoms with van der Waals surface area (Å²) in [5, 5.41) is 0.361. The zero-order valence-corrected chi connectivity index (χ0v) is 13.0. The molecule has 0 N–H and O–H groups in total. The highest BCUT2D eigenvalue weighted by Gasteiger charge is 2.08. The lowest BCUT2D eigenvalue weighted by atomic mass is 10.2. The lowest BCUT2D eigenvalue weighted by molar-refractivity contribution is 0.0601. The molecule has 0 radical (unpaired) electrons. The Morgan fingerprint density at radius 1 is 1.56 bits per heavy atom. The molecule has 0 bridgehead atoms. The van der Waals surface area contributed by atoms with E-state index in [0.717, 1.165) is 4.47 Å². The summed E-state index contributed by atoms with van der Waals surface area (Å²) in [6, 6.07) is 5.03. The fourth-order valence-electron chi connectivity index (χ4n) is 1.18. The van der Waals surface area contributed by atoms with E-state index < -0.39 is 5.97 Å². The molecule has 1 heterocycles. The molecular formula is C10H6BrClN2O2S2. The molecule has 94 valence electrons. The lowest BCUT2D eigenvalue weighted by Gasteiger charge is -2.02. The second kappa shape index (κ2) is 5.92. The highest BCUT2D eigenvalue weighted by molar-refractivity contribution is 9.10. The molecule has 0 saturated carbocycles. The molecule has 1 aromatic carbocycles. The third kappa shape index (κ3) is 2.97. The van der Waals surface area contributed by atoms with Crippen molar-refractivity contribution in [1.29, 1.82) is 0 Å². The van der Waals surface area contributed by atoms with E-state index in [1.807, 2.05) is 0 Å². The van der Waals surface area contributed by atoms with Crippen LogP contribution in [0.2, 0.25) is 5.15 Å². The van der Waals surface area contributed by atoms with Crippen LogP contribution >= 0.6 is 48.4 Å². The Bertz CT molecular complexity index is 653. The highest BCUT2D eigenvalue weighted by atomic mass is 79.9. The summed E-state index contributed by atoms with van der Waals surface area (Å²) >= 11 is 9.25. The standard InChI is InChI=1S/C10H6BrClN2O2S2/c1-16-10(15)5-2-3-6(11)7(4-5)13-9-8(12)14-18-17-9/h2-4H,1H3/b13-9-. The van der Waals surface area contributed by atoms with Crippen LogP contribution in [0, 0.1) is 0 Å². The molecule has 2 aromatic rings. The van der Waals surface area contributed by atoms with Crippen LogP contribution in [0.15, 0.2) is 27.7 Å². The summed E-state index contributed by atoms with van der Waals surface area (Å²) in [4.78, 5) is 15.8. The summed E-state index contributed by atoms with van der Waals surface area (Å²) in [5.41, 5.74) is 1.04. The molecule has 0 aliphatic carbocycles. The van der Waals surface area contributed by atoms with Crippen molar-refractivity contribution in [1.82, 2.24) is 4.37 Å². The third-order valence-electron chi connectivity index (χ3n) is 2.00. The molecule has 0 aliphatic heterocycles. The number of hydrogen-bond donors (Lipinski definition) is 0. The first-order chi connectivity index (χ1) is 8.61. The fraction of sp³-hybridized carbons (Fsp3) is 0.100. The summed E-state index contributed by atoms with van der Waals surface area (Å²) in [6.45, 7) is 0. The van der Waals surface area contributed by atoms with Crippen molar-refractivity contribution < 1.29 is 9.53 Å². The van der Waals surface area contributed by atoms with E-state index in [2.05, 4.69) is 30.0 Å². The van der Waals surface area contributed by atoms with Crippen molar-refractivity contribution in [2.24, 2.45) is 4.99 Å². The average molecular weight is 366 g/mol. The minimum absolute atomic E-state index is 0.361. The zero-order valence-electron chi connectivity index (χ0n) is 9.02. The topological polar surface area (TPSA) is 51.5 Å². The molecule has 0 saturated heterocycles. The van der Waals surface area contributed by atoms with Crippen molar-refractivity contribution in [3.05, 3.63) is 38.1 Å². The quantitative estimate of drug-likeness (QED) is 0.603. The second-order valence-electron chi connectivity index (χ2n) is 3.11. The maximum Gasteiger partial charge on any atom is 0.337 e. The normalized spacial score (nSPS) is 11.6. The molecule has 2 rings (SSSR count). The van der Waals surface area contributed by atoms with E-state index in [4.69, 9.17) is 11.6 Å². The highest BCUT2D eigenvalue weighted by Crippen LogP contribution is 2.26. The van der Waals surface area contributed by atoms with Gasteiger partial charge in [-0.15, -0.1) is 0 Å². The molecule has 0 atom stereocenters. The number of carbonyl (C=O) groups is 1. The molecule has 4 nitrogen and oxygen atoms in total. The predicted octanol–water partition coefficient (Wildman–Crippen LogP) is 3.64. The fourth-order valence-corrected chi connectivity index (χ4v) is 3.50. The van der Waals surface area contributed by atoms with Crippen LogP contribution in [-0.4, -0.2) is 17.5 Å². The number of esters is 1. The van der Waals surface area contributed by atoms with Gasteiger partial charge in [-0.2, -0.15) is 4.37 Å². The first kappa shape index (κ1) is 13.7. The second-order valence-corrected chi connectivity index (χ2v) is 6.16. The van der Waals surface area contributed by atoms with Gasteiger partial charge in [0.2, 0.25) is 0 Å². The molecule has 0 fully saturated rings. The molecule has 0 unspecified atom stereocenters. The minimum atomic E-state index is -0.405. The van der Waals surface area contributed by atoms with Crippen LogP contribution in [0.1, 0.15) is 10.4 Å². The van der Waals surface area contributed by atoms with Crippen molar-refractivity contribution >= 4 is 60.1 Å². The Morgan fingerprint density at radius 3 is 2.94 bits per heavy atom. The Labute approximate surface area is 124 Å². The van der Waals surface area contributed by atoms with Gasteiger partial charge in [0.25, 0.3) is 0 Å². The van der Waals surface area contributed by atoms with Crippen LogP contribution < -0.4 is 4.67 Å². The van der Waals surface area contributed by atoms with E-state index >= 15 is 0 Å². The number of carbonyl (C=O) groups excluding carboxylic acids is 1. The number of hydrogen-bond acceptors (Lipinski definition) is 6. The van der Waals surface area contributed by atoms with E-state index in [0.29, 0.717) is 21.1 Å². The first-order valence-electron chi connectivity index (χ1n) is 4.66. The number of ether oxygens (including phenoxy) is 1. The van der Waals surface area contributed by atoms with E-state index in [1.54, 1.807) is 18.2 Å². The lowest BCUT2D eigenvalue weighted by Crippen LogP contribution is -2.01. The first-order valence-corrected chi connectivity index (χ1v) is 7.93.